The molecule has 0 N–H and O–H groups in total. The molecule has 3 amide bonds. The summed E-state index contributed by atoms with van der Waals surface area (Å²) in [6.45, 7) is 1.74. The van der Waals surface area contributed by atoms with Crippen LogP contribution in [0.5, 0.6) is 0 Å². The molecule has 0 unspecified atom stereocenters. The lowest BCUT2D eigenvalue weighted by Crippen LogP contribution is -2.73. The van der Waals surface area contributed by atoms with Crippen molar-refractivity contribution < 1.29 is 24.0 Å². The van der Waals surface area contributed by atoms with Crippen molar-refractivity contribution in [3.8, 4) is 0 Å². The zero-order valence-corrected chi connectivity index (χ0v) is 18.1. The second-order valence-corrected chi connectivity index (χ2v) is 8.06. The number of hydrogen-bond acceptors (Lipinski definition) is 6. The smallest absolute Gasteiger partial charge is 0.431 e. The first-order valence-electron chi connectivity index (χ1n) is 10.6. The summed E-state index contributed by atoms with van der Waals surface area (Å²) >= 11 is 0. The maximum absolute atomic E-state index is 13.3. The summed E-state index contributed by atoms with van der Waals surface area (Å²) in [5, 5.41) is 6.91. The van der Waals surface area contributed by atoms with Gasteiger partial charge in [0.15, 0.2) is 6.17 Å². The van der Waals surface area contributed by atoms with Gasteiger partial charge in [-0.1, -0.05) is 53.6 Å². The molecule has 2 bridgehead atoms. The number of fused-ring (bicyclic) bond motifs is 1. The minimum Gasteiger partial charge on any atom is -0.443 e. The molecule has 4 heterocycles. The van der Waals surface area contributed by atoms with Crippen LogP contribution in [0.2, 0.25) is 0 Å². The predicted molar refractivity (Wildman–Crippen MR) is 117 cm³/mol. The SMILES string of the molecule is CC1=C[C@H]2N(C(=O)c3ccccc3)O[C@H]1[C@@H]1[C@@H](N=[N+]=[N-])C(=O)N1N2C(=O)OCc1ccccc1. The summed E-state index contributed by atoms with van der Waals surface area (Å²) in [5.41, 5.74) is 10.8. The van der Waals surface area contributed by atoms with Crippen molar-refractivity contribution in [1.29, 1.82) is 0 Å². The Bertz CT molecular complexity index is 1210. The van der Waals surface area contributed by atoms with Crippen molar-refractivity contribution in [2.24, 2.45) is 5.11 Å². The van der Waals surface area contributed by atoms with Gasteiger partial charge in [0, 0.05) is 10.5 Å². The van der Waals surface area contributed by atoms with Gasteiger partial charge in [0.1, 0.15) is 24.8 Å². The van der Waals surface area contributed by atoms with Gasteiger partial charge in [-0.05, 0) is 41.8 Å². The zero-order valence-electron chi connectivity index (χ0n) is 18.1. The maximum atomic E-state index is 13.3. The van der Waals surface area contributed by atoms with E-state index in [4.69, 9.17) is 15.1 Å². The predicted octanol–water partition coefficient (Wildman–Crippen LogP) is 3.17. The third-order valence-corrected chi connectivity index (χ3v) is 5.99. The Hall–Kier alpha value is -4.34. The number of rotatable bonds is 4. The van der Waals surface area contributed by atoms with Crippen LogP contribution in [-0.2, 0) is 21.0 Å². The van der Waals surface area contributed by atoms with E-state index in [2.05, 4.69) is 10.0 Å². The molecule has 0 spiro atoms. The van der Waals surface area contributed by atoms with Gasteiger partial charge in [0.25, 0.3) is 11.8 Å². The molecule has 2 fully saturated rings. The average molecular weight is 460 g/mol. The van der Waals surface area contributed by atoms with Crippen molar-refractivity contribution in [2.45, 2.75) is 37.9 Å². The molecule has 34 heavy (non-hydrogen) atoms. The number of carbonyl (C=O) groups is 3. The van der Waals surface area contributed by atoms with Crippen LogP contribution in [0.4, 0.5) is 4.79 Å². The Morgan fingerprint density at radius 1 is 1.12 bits per heavy atom. The number of ether oxygens (including phenoxy) is 1. The second kappa shape index (κ2) is 8.54. The average Bonchev–Trinajstić information content (AvgIpc) is 3.06. The third-order valence-electron chi connectivity index (χ3n) is 5.99. The molecule has 2 saturated heterocycles. The van der Waals surface area contributed by atoms with E-state index in [1.165, 1.54) is 5.01 Å². The Morgan fingerprint density at radius 3 is 2.47 bits per heavy atom. The lowest BCUT2D eigenvalue weighted by atomic mass is 9.89. The van der Waals surface area contributed by atoms with Crippen molar-refractivity contribution in [3.63, 3.8) is 0 Å². The molecule has 4 aliphatic heterocycles. The summed E-state index contributed by atoms with van der Waals surface area (Å²) in [7, 11) is 0. The Labute approximate surface area is 194 Å². The van der Waals surface area contributed by atoms with Gasteiger partial charge in [-0.2, -0.15) is 10.1 Å². The molecule has 0 aliphatic carbocycles. The fourth-order valence-corrected chi connectivity index (χ4v) is 4.35. The van der Waals surface area contributed by atoms with Crippen LogP contribution in [0.3, 0.4) is 0 Å². The Balaban J connectivity index is 1.52. The number of nitrogens with zero attached hydrogens (tertiary/aromatic N) is 6. The molecule has 4 aliphatic rings. The van der Waals surface area contributed by atoms with E-state index < -0.39 is 42.3 Å². The van der Waals surface area contributed by atoms with Gasteiger partial charge in [-0.3, -0.25) is 14.4 Å². The number of hydrazine groups is 1. The lowest BCUT2D eigenvalue weighted by Gasteiger charge is -2.48. The van der Waals surface area contributed by atoms with Gasteiger partial charge < -0.3 is 4.74 Å². The molecule has 4 atom stereocenters. The van der Waals surface area contributed by atoms with Crippen LogP contribution in [0.1, 0.15) is 22.8 Å². The summed E-state index contributed by atoms with van der Waals surface area (Å²) in [6.07, 6.45) is -1.03. The normalized spacial score (nSPS) is 24.9. The quantitative estimate of drug-likeness (QED) is 0.228. The molecule has 6 rings (SSSR count). The van der Waals surface area contributed by atoms with Crippen LogP contribution in [0.25, 0.3) is 10.4 Å². The van der Waals surface area contributed by atoms with Crippen molar-refractivity contribution in [2.75, 3.05) is 0 Å². The van der Waals surface area contributed by atoms with Crippen LogP contribution in [0.15, 0.2) is 77.4 Å². The Kier molecular flexibility index (Phi) is 5.40. The first kappa shape index (κ1) is 21.5. The molecular weight excluding hydrogens is 440 g/mol. The van der Waals surface area contributed by atoms with E-state index in [1.54, 1.807) is 55.5 Å². The van der Waals surface area contributed by atoms with Gasteiger partial charge >= 0.3 is 6.09 Å². The summed E-state index contributed by atoms with van der Waals surface area (Å²) in [4.78, 5) is 48.4. The number of carbonyl (C=O) groups excluding carboxylic acids is 3. The molecule has 0 radical (unpaired) electrons. The highest BCUT2D eigenvalue weighted by atomic mass is 16.7. The molecule has 0 saturated carbocycles. The summed E-state index contributed by atoms with van der Waals surface area (Å²) < 4.78 is 5.51. The van der Waals surface area contributed by atoms with E-state index in [0.29, 0.717) is 11.1 Å². The van der Waals surface area contributed by atoms with Crippen LogP contribution >= 0.6 is 0 Å². The van der Waals surface area contributed by atoms with E-state index in [-0.39, 0.29) is 6.61 Å². The molecule has 11 nitrogen and oxygen atoms in total. The van der Waals surface area contributed by atoms with Gasteiger partial charge in [-0.15, -0.1) is 0 Å². The minimum absolute atomic E-state index is 0.0328. The first-order chi connectivity index (χ1) is 16.5. The van der Waals surface area contributed by atoms with E-state index >= 15 is 0 Å². The first-order valence-corrected chi connectivity index (χ1v) is 10.6. The van der Waals surface area contributed by atoms with Gasteiger partial charge in [-0.25, -0.2) is 9.80 Å². The van der Waals surface area contributed by atoms with E-state index in [1.807, 2.05) is 18.2 Å². The number of hydrogen-bond donors (Lipinski definition) is 0. The minimum atomic E-state index is -1.08. The zero-order chi connectivity index (χ0) is 23.8. The van der Waals surface area contributed by atoms with Crippen LogP contribution in [-0.4, -0.2) is 57.3 Å². The maximum Gasteiger partial charge on any atom is 0.431 e. The summed E-state index contributed by atoms with van der Waals surface area (Å²) in [5.74, 6) is -1.06. The highest BCUT2D eigenvalue weighted by molar-refractivity contribution is 5.95. The molecule has 11 heteroatoms. The van der Waals surface area contributed by atoms with Gasteiger partial charge in [0.05, 0.1) is 0 Å². The van der Waals surface area contributed by atoms with Crippen LogP contribution < -0.4 is 0 Å². The fraction of sp³-hybridized carbons (Fsp3) is 0.261. The molecule has 172 valence electrons. The number of amides is 3. The molecule has 2 aromatic rings. The lowest BCUT2D eigenvalue weighted by molar-refractivity contribution is -0.185. The topological polar surface area (TPSA) is 128 Å². The largest absolute Gasteiger partial charge is 0.443 e. The van der Waals surface area contributed by atoms with Crippen LogP contribution in [0, 0.1) is 0 Å². The number of β-lactam (4-membered cyclic amide) rings is 1. The van der Waals surface area contributed by atoms with E-state index in [0.717, 1.165) is 15.6 Å². The highest BCUT2D eigenvalue weighted by Crippen LogP contribution is 2.41. The number of hydroxylamine groups is 2. The van der Waals surface area contributed by atoms with E-state index in [9.17, 15) is 14.4 Å². The number of benzene rings is 2. The fourth-order valence-electron chi connectivity index (χ4n) is 4.35. The summed E-state index contributed by atoms with van der Waals surface area (Å²) in [6, 6.07) is 15.7. The number of azide groups is 1. The second-order valence-electron chi connectivity index (χ2n) is 8.06. The Morgan fingerprint density at radius 2 is 1.79 bits per heavy atom. The molecule has 0 aromatic heterocycles. The third kappa shape index (κ3) is 3.43. The standard InChI is InChI=1S/C23H20N6O5/c1-14-12-17-27(23(32)33-13-15-8-4-2-5-9-15)28-19(18(22(28)31)25-26-24)20(14)34-29(17)21(30)16-10-6-3-7-11-16/h2-12,17-20H,13H2,1H3/t17-,18-,19+,20-/m1/s1. The molecular formula is C23H20N6O5. The van der Waals surface area contributed by atoms with Crippen molar-refractivity contribution >= 4 is 17.9 Å². The van der Waals surface area contributed by atoms with Gasteiger partial charge in [0.2, 0.25) is 0 Å². The molecule has 2 aromatic carbocycles. The van der Waals surface area contributed by atoms with Crippen molar-refractivity contribution in [1.82, 2.24) is 15.1 Å². The van der Waals surface area contributed by atoms with Crippen molar-refractivity contribution in [3.05, 3.63) is 93.9 Å². The highest BCUT2D eigenvalue weighted by Gasteiger charge is 2.62. The monoisotopic (exact) mass is 460 g/mol.